The van der Waals surface area contributed by atoms with Crippen molar-refractivity contribution in [3.05, 3.63) is 30.3 Å². The summed E-state index contributed by atoms with van der Waals surface area (Å²) >= 11 is 0. The lowest BCUT2D eigenvalue weighted by Crippen LogP contribution is -2.24. The Morgan fingerprint density at radius 3 is 2.45 bits per heavy atom. The van der Waals surface area contributed by atoms with Gasteiger partial charge < -0.3 is 4.74 Å². The first-order valence-corrected chi connectivity index (χ1v) is 6.32. The molecule has 0 spiro atoms. The van der Waals surface area contributed by atoms with Gasteiger partial charge in [-0.25, -0.2) is 9.59 Å². The highest BCUT2D eigenvalue weighted by atomic mass is 16.7. The van der Waals surface area contributed by atoms with Crippen molar-refractivity contribution in [3.63, 3.8) is 0 Å². The van der Waals surface area contributed by atoms with Crippen LogP contribution in [-0.2, 0) is 14.4 Å². The second kappa shape index (κ2) is 7.93. The molecule has 1 rings (SSSR count). The molecule has 0 aliphatic carbocycles. The summed E-state index contributed by atoms with van der Waals surface area (Å²) in [6.07, 6.45) is -0.765. The second-order valence-corrected chi connectivity index (χ2v) is 4.22. The maximum absolute atomic E-state index is 11.6. The number of nitrogens with one attached hydrogen (secondary N) is 1. The molecule has 108 valence electrons. The summed E-state index contributed by atoms with van der Waals surface area (Å²) in [5, 5.41) is 6.05. The van der Waals surface area contributed by atoms with Crippen LogP contribution in [-0.4, -0.2) is 24.4 Å². The van der Waals surface area contributed by atoms with Gasteiger partial charge in [0.2, 0.25) is 0 Å². The topological polar surface area (TPSA) is 77.0 Å². The molecule has 0 atom stereocenters. The van der Waals surface area contributed by atoms with E-state index in [-0.39, 0.29) is 18.2 Å². The Labute approximate surface area is 117 Å². The van der Waals surface area contributed by atoms with Crippen LogP contribution in [0.25, 0.3) is 0 Å². The zero-order chi connectivity index (χ0) is 15.0. The Morgan fingerprint density at radius 1 is 1.25 bits per heavy atom. The number of hydrogen-bond donors (Lipinski definition) is 1. The number of benzene rings is 1. The number of amides is 1. The maximum Gasteiger partial charge on any atom is 0.437 e. The molecule has 0 aliphatic rings. The molecule has 1 N–H and O–H groups in total. The third kappa shape index (κ3) is 5.09. The molecule has 0 heterocycles. The van der Waals surface area contributed by atoms with E-state index in [2.05, 4.69) is 15.3 Å². The third-order valence-electron chi connectivity index (χ3n) is 2.28. The first kappa shape index (κ1) is 15.7. The minimum Gasteiger partial charge on any atom is -0.461 e. The van der Waals surface area contributed by atoms with Gasteiger partial charge in [-0.15, -0.1) is 0 Å². The summed E-state index contributed by atoms with van der Waals surface area (Å²) in [5.41, 5.74) is 0.644. The SMILES string of the molecule is CCOC(=O)/C(=N/OC(=O)Nc1ccccc1)C(C)C. The summed E-state index contributed by atoms with van der Waals surface area (Å²) in [5.74, 6) is -0.798. The fourth-order valence-corrected chi connectivity index (χ4v) is 1.34. The Bertz CT molecular complexity index is 483. The highest BCUT2D eigenvalue weighted by molar-refractivity contribution is 6.37. The molecule has 0 saturated carbocycles. The Morgan fingerprint density at radius 2 is 1.90 bits per heavy atom. The van der Waals surface area contributed by atoms with Gasteiger partial charge in [0.05, 0.1) is 6.61 Å². The van der Waals surface area contributed by atoms with Gasteiger partial charge in [-0.05, 0) is 19.1 Å². The first-order valence-electron chi connectivity index (χ1n) is 6.32. The predicted molar refractivity (Wildman–Crippen MR) is 75.5 cm³/mol. The van der Waals surface area contributed by atoms with Gasteiger partial charge in [-0.2, -0.15) is 0 Å². The Balaban J connectivity index is 2.63. The number of carbonyl (C=O) groups is 2. The molecule has 1 aromatic carbocycles. The van der Waals surface area contributed by atoms with Gasteiger partial charge in [0.1, 0.15) is 0 Å². The van der Waals surface area contributed by atoms with E-state index in [0.717, 1.165) is 0 Å². The number of anilines is 1. The van der Waals surface area contributed by atoms with Crippen molar-refractivity contribution in [2.24, 2.45) is 11.1 Å². The van der Waals surface area contributed by atoms with Crippen LogP contribution in [0, 0.1) is 5.92 Å². The van der Waals surface area contributed by atoms with Gasteiger partial charge in [0.25, 0.3) is 0 Å². The monoisotopic (exact) mass is 278 g/mol. The van der Waals surface area contributed by atoms with E-state index >= 15 is 0 Å². The zero-order valence-corrected chi connectivity index (χ0v) is 11.8. The molecule has 0 bridgehead atoms. The van der Waals surface area contributed by atoms with E-state index in [1.165, 1.54) is 0 Å². The summed E-state index contributed by atoms with van der Waals surface area (Å²) in [4.78, 5) is 27.8. The molecule has 0 aromatic heterocycles. The van der Waals surface area contributed by atoms with Gasteiger partial charge in [-0.1, -0.05) is 37.2 Å². The van der Waals surface area contributed by atoms with Crippen molar-refractivity contribution >= 4 is 23.5 Å². The van der Waals surface area contributed by atoms with Gasteiger partial charge in [0, 0.05) is 11.6 Å². The van der Waals surface area contributed by atoms with Crippen LogP contribution in [0.5, 0.6) is 0 Å². The summed E-state index contributed by atoms with van der Waals surface area (Å²) in [6.45, 7) is 5.45. The first-order chi connectivity index (χ1) is 9.54. The quantitative estimate of drug-likeness (QED) is 0.389. The van der Waals surface area contributed by atoms with E-state index in [1.54, 1.807) is 45.0 Å². The number of nitrogens with zero attached hydrogens (tertiary/aromatic N) is 1. The second-order valence-electron chi connectivity index (χ2n) is 4.22. The summed E-state index contributed by atoms with van der Waals surface area (Å²) in [6, 6.07) is 8.79. The van der Waals surface area contributed by atoms with Crippen LogP contribution in [0.2, 0.25) is 0 Å². The molecule has 0 fully saturated rings. The highest BCUT2D eigenvalue weighted by Gasteiger charge is 2.18. The van der Waals surface area contributed by atoms with Crippen molar-refractivity contribution in [1.82, 2.24) is 0 Å². The maximum atomic E-state index is 11.6. The van der Waals surface area contributed by atoms with Crippen molar-refractivity contribution < 1.29 is 19.2 Å². The number of para-hydroxylation sites is 1. The number of hydrogen-bond acceptors (Lipinski definition) is 5. The molecule has 1 aromatic rings. The van der Waals surface area contributed by atoms with Crippen LogP contribution in [0.1, 0.15) is 20.8 Å². The normalized spacial score (nSPS) is 11.1. The van der Waals surface area contributed by atoms with Crippen molar-refractivity contribution in [3.8, 4) is 0 Å². The number of esters is 1. The molecule has 20 heavy (non-hydrogen) atoms. The number of carbonyl (C=O) groups excluding carboxylic acids is 2. The fraction of sp³-hybridized carbons (Fsp3) is 0.357. The summed E-state index contributed by atoms with van der Waals surface area (Å²) < 4.78 is 4.83. The Hall–Kier alpha value is -2.37. The van der Waals surface area contributed by atoms with E-state index in [1.807, 2.05) is 6.07 Å². The minimum atomic E-state index is -0.765. The molecule has 1 amide bonds. The lowest BCUT2D eigenvalue weighted by molar-refractivity contribution is -0.135. The van der Waals surface area contributed by atoms with Crippen LogP contribution in [0.15, 0.2) is 35.5 Å². The smallest absolute Gasteiger partial charge is 0.437 e. The average Bonchev–Trinajstić information content (AvgIpc) is 2.40. The Kier molecular flexibility index (Phi) is 6.22. The zero-order valence-electron chi connectivity index (χ0n) is 11.8. The van der Waals surface area contributed by atoms with E-state index in [0.29, 0.717) is 5.69 Å². The number of ether oxygens (including phenoxy) is 1. The number of rotatable bonds is 5. The molecule has 0 saturated heterocycles. The van der Waals surface area contributed by atoms with Gasteiger partial charge in [0.15, 0.2) is 5.71 Å². The van der Waals surface area contributed by atoms with Crippen LogP contribution >= 0.6 is 0 Å². The average molecular weight is 278 g/mol. The van der Waals surface area contributed by atoms with Crippen LogP contribution in [0.4, 0.5) is 10.5 Å². The minimum absolute atomic E-state index is 0.0649. The van der Waals surface area contributed by atoms with Crippen molar-refractivity contribution in [2.45, 2.75) is 20.8 Å². The molecular weight excluding hydrogens is 260 g/mol. The molecule has 0 radical (unpaired) electrons. The molecule has 6 nitrogen and oxygen atoms in total. The van der Waals surface area contributed by atoms with Gasteiger partial charge >= 0.3 is 12.1 Å². The molecule has 6 heteroatoms. The van der Waals surface area contributed by atoms with Gasteiger partial charge in [-0.3, -0.25) is 10.2 Å². The van der Waals surface area contributed by atoms with E-state index < -0.39 is 12.1 Å². The van der Waals surface area contributed by atoms with Crippen molar-refractivity contribution in [1.29, 1.82) is 0 Å². The van der Waals surface area contributed by atoms with E-state index in [9.17, 15) is 9.59 Å². The largest absolute Gasteiger partial charge is 0.461 e. The third-order valence-corrected chi connectivity index (χ3v) is 2.28. The fourth-order valence-electron chi connectivity index (χ4n) is 1.34. The van der Waals surface area contributed by atoms with Crippen LogP contribution < -0.4 is 5.32 Å². The molecule has 0 unspecified atom stereocenters. The van der Waals surface area contributed by atoms with E-state index in [4.69, 9.17) is 4.74 Å². The van der Waals surface area contributed by atoms with Crippen LogP contribution in [0.3, 0.4) is 0 Å². The molecular formula is C14H18N2O4. The number of oxime groups is 1. The summed E-state index contributed by atoms with van der Waals surface area (Å²) in [7, 11) is 0. The molecule has 0 aliphatic heterocycles. The predicted octanol–water partition coefficient (Wildman–Crippen LogP) is 2.81. The lowest BCUT2D eigenvalue weighted by Gasteiger charge is -2.08. The van der Waals surface area contributed by atoms with Crippen molar-refractivity contribution in [2.75, 3.05) is 11.9 Å². The standard InChI is InChI=1S/C14H18N2O4/c1-4-19-13(17)12(10(2)3)16-20-14(18)15-11-8-6-5-7-9-11/h5-10H,4H2,1-3H3,(H,15,18)/b16-12+. The lowest BCUT2D eigenvalue weighted by atomic mass is 10.1. The highest BCUT2D eigenvalue weighted by Crippen LogP contribution is 2.06.